The quantitative estimate of drug-likeness (QED) is 0.902. The SMILES string of the molecule is CN1CCc2cc(Cn3ncc(Cl)c3N)ccc21. The molecule has 1 aromatic heterocycles. The maximum absolute atomic E-state index is 5.89. The molecule has 0 bridgehead atoms. The maximum atomic E-state index is 5.89. The molecule has 1 aromatic carbocycles. The van der Waals surface area contributed by atoms with Gasteiger partial charge in [0.05, 0.1) is 12.7 Å². The summed E-state index contributed by atoms with van der Waals surface area (Å²) in [5.41, 5.74) is 9.77. The highest BCUT2D eigenvalue weighted by Crippen LogP contribution is 2.28. The van der Waals surface area contributed by atoms with Crippen LogP contribution in [-0.2, 0) is 13.0 Å². The number of rotatable bonds is 2. The summed E-state index contributed by atoms with van der Waals surface area (Å²) in [6.07, 6.45) is 2.69. The molecule has 0 saturated carbocycles. The summed E-state index contributed by atoms with van der Waals surface area (Å²) in [6, 6.07) is 6.52. The lowest BCUT2D eigenvalue weighted by molar-refractivity contribution is 0.697. The van der Waals surface area contributed by atoms with Crippen molar-refractivity contribution in [3.8, 4) is 0 Å². The third kappa shape index (κ3) is 1.82. The molecular formula is C13H15ClN4. The molecule has 0 saturated heterocycles. The van der Waals surface area contributed by atoms with E-state index in [9.17, 15) is 0 Å². The number of halogens is 1. The molecule has 0 atom stereocenters. The van der Waals surface area contributed by atoms with Gasteiger partial charge in [-0.15, -0.1) is 0 Å². The number of nitrogen functional groups attached to an aromatic ring is 1. The fraction of sp³-hybridized carbons (Fsp3) is 0.308. The van der Waals surface area contributed by atoms with Gasteiger partial charge in [0.1, 0.15) is 10.8 Å². The number of fused-ring (bicyclic) bond motifs is 1. The highest BCUT2D eigenvalue weighted by atomic mass is 35.5. The summed E-state index contributed by atoms with van der Waals surface area (Å²) in [5.74, 6) is 0.522. The van der Waals surface area contributed by atoms with Crippen LogP contribution in [0, 0.1) is 0 Å². The van der Waals surface area contributed by atoms with E-state index in [0.717, 1.165) is 13.0 Å². The number of hydrogen-bond acceptors (Lipinski definition) is 3. The van der Waals surface area contributed by atoms with Gasteiger partial charge in [-0.3, -0.25) is 0 Å². The monoisotopic (exact) mass is 262 g/mol. The topological polar surface area (TPSA) is 47.1 Å². The van der Waals surface area contributed by atoms with Gasteiger partial charge in [0.25, 0.3) is 0 Å². The van der Waals surface area contributed by atoms with Gasteiger partial charge in [-0.05, 0) is 23.6 Å². The van der Waals surface area contributed by atoms with E-state index in [4.69, 9.17) is 17.3 Å². The standard InChI is InChI=1S/C13H15ClN4/c1-17-5-4-10-6-9(2-3-12(10)17)8-18-13(15)11(14)7-16-18/h2-3,6-7H,4-5,8,15H2,1H3. The predicted octanol–water partition coefficient (Wildman–Crippen LogP) is 2.16. The molecule has 2 heterocycles. The molecule has 1 aliphatic rings. The summed E-state index contributed by atoms with van der Waals surface area (Å²) in [4.78, 5) is 2.28. The van der Waals surface area contributed by atoms with E-state index in [-0.39, 0.29) is 0 Å². The van der Waals surface area contributed by atoms with Crippen LogP contribution in [0.15, 0.2) is 24.4 Å². The first kappa shape index (κ1) is 11.4. The Labute approximate surface area is 111 Å². The molecule has 1 aliphatic heterocycles. The van der Waals surface area contributed by atoms with Crippen molar-refractivity contribution in [3.63, 3.8) is 0 Å². The van der Waals surface area contributed by atoms with E-state index in [1.54, 1.807) is 10.9 Å². The number of likely N-dealkylation sites (N-methyl/N-ethyl adjacent to an activating group) is 1. The van der Waals surface area contributed by atoms with Crippen molar-refractivity contribution in [1.82, 2.24) is 9.78 Å². The fourth-order valence-electron chi connectivity index (χ4n) is 2.39. The van der Waals surface area contributed by atoms with E-state index in [1.165, 1.54) is 16.8 Å². The first-order valence-electron chi connectivity index (χ1n) is 5.95. The van der Waals surface area contributed by atoms with Gasteiger partial charge in [0, 0.05) is 19.3 Å². The zero-order chi connectivity index (χ0) is 12.7. The molecule has 94 valence electrons. The van der Waals surface area contributed by atoms with Crippen LogP contribution in [0.4, 0.5) is 11.5 Å². The van der Waals surface area contributed by atoms with E-state index in [0.29, 0.717) is 17.4 Å². The van der Waals surface area contributed by atoms with Gasteiger partial charge < -0.3 is 10.6 Å². The second-order valence-corrected chi connectivity index (χ2v) is 5.08. The second-order valence-electron chi connectivity index (χ2n) is 4.67. The van der Waals surface area contributed by atoms with E-state index >= 15 is 0 Å². The number of anilines is 2. The van der Waals surface area contributed by atoms with Crippen LogP contribution in [0.1, 0.15) is 11.1 Å². The first-order chi connectivity index (χ1) is 8.65. The minimum Gasteiger partial charge on any atom is -0.383 e. The van der Waals surface area contributed by atoms with Crippen LogP contribution in [0.25, 0.3) is 0 Å². The van der Waals surface area contributed by atoms with E-state index in [2.05, 4.69) is 35.2 Å². The van der Waals surface area contributed by atoms with Crippen LogP contribution in [0.3, 0.4) is 0 Å². The Kier molecular flexibility index (Phi) is 2.67. The zero-order valence-electron chi connectivity index (χ0n) is 10.2. The van der Waals surface area contributed by atoms with Gasteiger partial charge in [-0.2, -0.15) is 5.10 Å². The number of hydrogen-bond donors (Lipinski definition) is 1. The lowest BCUT2D eigenvalue weighted by Crippen LogP contribution is -2.12. The lowest BCUT2D eigenvalue weighted by Gasteiger charge is -2.12. The van der Waals surface area contributed by atoms with Crippen LogP contribution < -0.4 is 10.6 Å². The largest absolute Gasteiger partial charge is 0.383 e. The molecule has 0 fully saturated rings. The number of aromatic nitrogens is 2. The predicted molar refractivity (Wildman–Crippen MR) is 74.2 cm³/mol. The Hall–Kier alpha value is -1.68. The molecule has 4 nitrogen and oxygen atoms in total. The Morgan fingerprint density at radius 2 is 2.28 bits per heavy atom. The summed E-state index contributed by atoms with van der Waals surface area (Å²) in [6.45, 7) is 1.75. The Bertz CT molecular complexity index is 591. The third-order valence-electron chi connectivity index (χ3n) is 3.44. The van der Waals surface area contributed by atoms with Crippen molar-refractivity contribution in [1.29, 1.82) is 0 Å². The second kappa shape index (κ2) is 4.21. The average Bonchev–Trinajstić information content (AvgIpc) is 2.88. The van der Waals surface area contributed by atoms with Gasteiger partial charge in [0.2, 0.25) is 0 Å². The summed E-state index contributed by atoms with van der Waals surface area (Å²) >= 11 is 5.89. The van der Waals surface area contributed by atoms with Crippen molar-refractivity contribution >= 4 is 23.1 Å². The maximum Gasteiger partial charge on any atom is 0.140 e. The summed E-state index contributed by atoms with van der Waals surface area (Å²) in [7, 11) is 2.12. The molecular weight excluding hydrogens is 248 g/mol. The van der Waals surface area contributed by atoms with Crippen molar-refractivity contribution in [2.75, 3.05) is 24.2 Å². The van der Waals surface area contributed by atoms with Crippen LogP contribution in [-0.4, -0.2) is 23.4 Å². The van der Waals surface area contributed by atoms with Crippen LogP contribution in [0.2, 0.25) is 5.02 Å². The Balaban J connectivity index is 1.88. The molecule has 2 N–H and O–H groups in total. The van der Waals surface area contributed by atoms with Crippen LogP contribution >= 0.6 is 11.6 Å². The highest BCUT2D eigenvalue weighted by Gasteiger charge is 2.16. The van der Waals surface area contributed by atoms with E-state index < -0.39 is 0 Å². The van der Waals surface area contributed by atoms with E-state index in [1.807, 2.05) is 0 Å². The van der Waals surface area contributed by atoms with Gasteiger partial charge in [0.15, 0.2) is 0 Å². The van der Waals surface area contributed by atoms with Gasteiger partial charge in [-0.25, -0.2) is 4.68 Å². The summed E-state index contributed by atoms with van der Waals surface area (Å²) in [5, 5.41) is 4.68. The molecule has 2 aromatic rings. The Morgan fingerprint density at radius 3 is 3.00 bits per heavy atom. The third-order valence-corrected chi connectivity index (χ3v) is 3.73. The normalized spacial score (nSPS) is 14.0. The van der Waals surface area contributed by atoms with Crippen LogP contribution in [0.5, 0.6) is 0 Å². The van der Waals surface area contributed by atoms with Crippen molar-refractivity contribution in [2.45, 2.75) is 13.0 Å². The fourth-order valence-corrected chi connectivity index (χ4v) is 2.53. The average molecular weight is 263 g/mol. The molecule has 0 aliphatic carbocycles. The smallest absolute Gasteiger partial charge is 0.140 e. The zero-order valence-corrected chi connectivity index (χ0v) is 11.0. The first-order valence-corrected chi connectivity index (χ1v) is 6.32. The molecule has 0 unspecified atom stereocenters. The molecule has 3 rings (SSSR count). The molecule has 18 heavy (non-hydrogen) atoms. The van der Waals surface area contributed by atoms with Gasteiger partial charge >= 0.3 is 0 Å². The molecule has 0 spiro atoms. The Morgan fingerprint density at radius 1 is 1.44 bits per heavy atom. The lowest BCUT2D eigenvalue weighted by atomic mass is 10.1. The van der Waals surface area contributed by atoms with Crippen molar-refractivity contribution < 1.29 is 0 Å². The minimum absolute atomic E-state index is 0.510. The number of nitrogens with zero attached hydrogens (tertiary/aromatic N) is 3. The van der Waals surface area contributed by atoms with Crippen molar-refractivity contribution in [2.24, 2.45) is 0 Å². The number of nitrogens with two attached hydrogens (primary N) is 1. The van der Waals surface area contributed by atoms with Gasteiger partial charge in [-0.1, -0.05) is 23.7 Å². The summed E-state index contributed by atoms with van der Waals surface area (Å²) < 4.78 is 1.72. The highest BCUT2D eigenvalue weighted by molar-refractivity contribution is 6.32. The number of benzene rings is 1. The molecule has 5 heteroatoms. The minimum atomic E-state index is 0.510. The molecule has 0 radical (unpaired) electrons. The molecule has 0 amide bonds. The van der Waals surface area contributed by atoms with Crippen molar-refractivity contribution in [3.05, 3.63) is 40.5 Å².